The van der Waals surface area contributed by atoms with E-state index in [1.54, 1.807) is 6.07 Å². The maximum Gasteiger partial charge on any atom is 0.423 e. The van der Waals surface area contributed by atoms with Crippen LogP contribution in [0.25, 0.3) is 21.2 Å². The van der Waals surface area contributed by atoms with Gasteiger partial charge in [0.15, 0.2) is 9.84 Å². The lowest BCUT2D eigenvalue weighted by atomic mass is 9.84. The number of thiophene rings is 1. The van der Waals surface area contributed by atoms with Gasteiger partial charge in [0.25, 0.3) is 0 Å². The van der Waals surface area contributed by atoms with Crippen LogP contribution in [0.3, 0.4) is 0 Å². The number of sulfone groups is 1. The molecule has 0 radical (unpaired) electrons. The Labute approximate surface area is 229 Å². The predicted molar refractivity (Wildman–Crippen MR) is 146 cm³/mol. The zero-order valence-corrected chi connectivity index (χ0v) is 23.3. The number of hydrogen-bond acceptors (Lipinski definition) is 6. The number of aromatic nitrogens is 3. The molecular weight excluding hydrogens is 547 g/mol. The number of hydrogen-bond donors (Lipinski definition) is 1. The van der Waals surface area contributed by atoms with Gasteiger partial charge < -0.3 is 5.11 Å². The lowest BCUT2D eigenvalue weighted by molar-refractivity contribution is -0.269. The fourth-order valence-corrected chi connectivity index (χ4v) is 7.88. The van der Waals surface area contributed by atoms with E-state index in [-0.39, 0.29) is 10.8 Å². The molecule has 1 N–H and O–H groups in total. The van der Waals surface area contributed by atoms with Crippen molar-refractivity contribution in [2.45, 2.75) is 73.9 Å². The Morgan fingerprint density at radius 1 is 1.08 bits per heavy atom. The second-order valence-corrected chi connectivity index (χ2v) is 13.6. The largest absolute Gasteiger partial charge is 0.423 e. The van der Waals surface area contributed by atoms with Gasteiger partial charge in [-0.2, -0.15) is 13.2 Å². The van der Waals surface area contributed by atoms with Gasteiger partial charge in [0.2, 0.25) is 5.60 Å². The summed E-state index contributed by atoms with van der Waals surface area (Å²) in [4.78, 5) is 0. The molecule has 1 atom stereocenters. The third-order valence-corrected chi connectivity index (χ3v) is 10.6. The predicted octanol–water partition coefficient (Wildman–Crippen LogP) is 6.82. The fourth-order valence-electron chi connectivity index (χ4n) is 5.39. The van der Waals surface area contributed by atoms with E-state index >= 15 is 0 Å². The van der Waals surface area contributed by atoms with Crippen LogP contribution in [-0.2, 0) is 22.0 Å². The molecular formula is C28H30F3N3O3S2. The van der Waals surface area contributed by atoms with Crippen molar-refractivity contribution in [1.29, 1.82) is 0 Å². The van der Waals surface area contributed by atoms with E-state index in [4.69, 9.17) is 0 Å². The monoisotopic (exact) mass is 577 g/mol. The van der Waals surface area contributed by atoms with Gasteiger partial charge in [0.05, 0.1) is 12.7 Å². The molecule has 1 saturated carbocycles. The highest BCUT2D eigenvalue weighted by Crippen LogP contribution is 2.43. The van der Waals surface area contributed by atoms with Crippen molar-refractivity contribution in [2.75, 3.05) is 6.26 Å². The van der Waals surface area contributed by atoms with Gasteiger partial charge in [-0.3, -0.25) is 0 Å². The van der Waals surface area contributed by atoms with Crippen molar-refractivity contribution >= 4 is 31.3 Å². The Hall–Kier alpha value is -2.76. The third kappa shape index (κ3) is 5.36. The molecule has 11 heteroatoms. The molecule has 2 aromatic carbocycles. The lowest BCUT2D eigenvalue weighted by Gasteiger charge is -2.26. The van der Waals surface area contributed by atoms with E-state index in [2.05, 4.69) is 22.4 Å². The summed E-state index contributed by atoms with van der Waals surface area (Å²) in [5, 5.41) is 18.3. The number of benzene rings is 2. The molecule has 208 valence electrons. The van der Waals surface area contributed by atoms with E-state index in [9.17, 15) is 26.7 Å². The summed E-state index contributed by atoms with van der Waals surface area (Å²) in [6.07, 6.45) is 2.93. The minimum absolute atomic E-state index is 0.109. The number of alkyl halides is 3. The van der Waals surface area contributed by atoms with Crippen LogP contribution < -0.4 is 0 Å². The molecule has 2 aromatic heterocycles. The summed E-state index contributed by atoms with van der Waals surface area (Å²) < 4.78 is 68.1. The minimum Gasteiger partial charge on any atom is -0.375 e. The average Bonchev–Trinajstić information content (AvgIpc) is 3.53. The van der Waals surface area contributed by atoms with Crippen molar-refractivity contribution in [1.82, 2.24) is 15.0 Å². The fraction of sp³-hybridized carbons (Fsp3) is 0.429. The Morgan fingerprint density at radius 2 is 1.77 bits per heavy atom. The summed E-state index contributed by atoms with van der Waals surface area (Å²) in [5.74, 6) is 0.547. The molecule has 39 heavy (non-hydrogen) atoms. The summed E-state index contributed by atoms with van der Waals surface area (Å²) in [6, 6.07) is 13.7. The quantitative estimate of drug-likeness (QED) is 0.261. The molecule has 1 fully saturated rings. The number of halogens is 3. The summed E-state index contributed by atoms with van der Waals surface area (Å²) in [7, 11) is -3.52. The van der Waals surface area contributed by atoms with Gasteiger partial charge in [-0.05, 0) is 47.9 Å². The van der Waals surface area contributed by atoms with Gasteiger partial charge >= 0.3 is 6.18 Å². The first kappa shape index (κ1) is 27.8. The van der Waals surface area contributed by atoms with E-state index < -0.39 is 33.7 Å². The highest BCUT2D eigenvalue weighted by molar-refractivity contribution is 7.93. The van der Waals surface area contributed by atoms with E-state index in [0.29, 0.717) is 17.0 Å². The van der Waals surface area contributed by atoms with Crippen LogP contribution in [0.4, 0.5) is 13.2 Å². The molecule has 1 aliphatic rings. The van der Waals surface area contributed by atoms with E-state index in [1.165, 1.54) is 66.9 Å². The SMILES string of the molecule is CCC(O)(c1cn(Cc2ccc3c(-c4ccc(C5CCCCC5)cc4)c(S(C)(=O)=O)sc3c2)nn1)C(F)(F)F. The van der Waals surface area contributed by atoms with Crippen LogP contribution in [0, 0.1) is 0 Å². The summed E-state index contributed by atoms with van der Waals surface area (Å²) >= 11 is 1.18. The van der Waals surface area contributed by atoms with Gasteiger partial charge in [0, 0.05) is 21.9 Å². The molecule has 0 spiro atoms. The first-order chi connectivity index (χ1) is 18.4. The summed E-state index contributed by atoms with van der Waals surface area (Å²) in [6.45, 7) is 1.34. The van der Waals surface area contributed by atoms with Crippen molar-refractivity contribution in [3.8, 4) is 11.1 Å². The molecule has 0 saturated heterocycles. The molecule has 0 bridgehead atoms. The molecule has 1 aliphatic carbocycles. The zero-order valence-electron chi connectivity index (χ0n) is 21.7. The Bertz CT molecular complexity index is 1590. The average molecular weight is 578 g/mol. The minimum atomic E-state index is -4.88. The van der Waals surface area contributed by atoms with Crippen LogP contribution in [-0.4, -0.2) is 41.0 Å². The smallest absolute Gasteiger partial charge is 0.375 e. The van der Waals surface area contributed by atoms with Crippen molar-refractivity contribution in [3.05, 3.63) is 65.5 Å². The molecule has 1 unspecified atom stereocenters. The van der Waals surface area contributed by atoms with Crippen LogP contribution in [0.15, 0.2) is 52.9 Å². The highest BCUT2D eigenvalue weighted by atomic mass is 32.2. The van der Waals surface area contributed by atoms with E-state index in [0.717, 1.165) is 21.8 Å². The van der Waals surface area contributed by atoms with Gasteiger partial charge in [-0.1, -0.05) is 67.8 Å². The normalized spacial score (nSPS) is 17.0. The van der Waals surface area contributed by atoms with Gasteiger partial charge in [-0.15, -0.1) is 16.4 Å². The van der Waals surface area contributed by atoms with Crippen molar-refractivity contribution in [3.63, 3.8) is 0 Å². The standard InChI is InChI=1S/C28H30F3N3O3S2/c1-3-27(35,28(29,30)31)24-17-34(33-32-24)16-18-9-14-22-23(15-18)38-26(39(2,36)37)25(22)21-12-10-20(11-13-21)19-7-5-4-6-8-19/h9-15,17,19,35H,3-8,16H2,1-2H3. The number of nitrogens with zero attached hydrogens (tertiary/aromatic N) is 3. The van der Waals surface area contributed by atoms with Crippen molar-refractivity contribution < 1.29 is 26.7 Å². The van der Waals surface area contributed by atoms with Crippen LogP contribution in [0.1, 0.15) is 68.2 Å². The Morgan fingerprint density at radius 3 is 2.38 bits per heavy atom. The Balaban J connectivity index is 1.48. The van der Waals surface area contributed by atoms with Gasteiger partial charge in [0.1, 0.15) is 9.90 Å². The van der Waals surface area contributed by atoms with Crippen LogP contribution in [0.5, 0.6) is 0 Å². The first-order valence-corrected chi connectivity index (χ1v) is 15.7. The highest BCUT2D eigenvalue weighted by Gasteiger charge is 2.55. The van der Waals surface area contributed by atoms with Gasteiger partial charge in [-0.25, -0.2) is 13.1 Å². The molecule has 0 amide bonds. The maximum absolute atomic E-state index is 13.4. The van der Waals surface area contributed by atoms with Crippen LogP contribution >= 0.6 is 11.3 Å². The van der Waals surface area contributed by atoms with E-state index in [1.807, 2.05) is 24.3 Å². The topological polar surface area (TPSA) is 85.1 Å². The molecule has 6 nitrogen and oxygen atoms in total. The number of rotatable bonds is 7. The lowest BCUT2D eigenvalue weighted by Crippen LogP contribution is -2.42. The Kier molecular flexibility index (Phi) is 7.36. The molecule has 2 heterocycles. The maximum atomic E-state index is 13.4. The zero-order chi connectivity index (χ0) is 28.0. The molecule has 5 rings (SSSR count). The van der Waals surface area contributed by atoms with Crippen molar-refractivity contribution in [2.24, 2.45) is 0 Å². The second kappa shape index (κ2) is 10.3. The molecule has 0 aliphatic heterocycles. The van der Waals surface area contributed by atoms with Crippen LogP contribution in [0.2, 0.25) is 0 Å². The first-order valence-electron chi connectivity index (χ1n) is 13.0. The second-order valence-electron chi connectivity index (χ2n) is 10.3. The number of aliphatic hydroxyl groups is 1. The molecule has 4 aromatic rings. The number of fused-ring (bicyclic) bond motifs is 1. The summed E-state index contributed by atoms with van der Waals surface area (Å²) in [5.41, 5.74) is -0.135. The third-order valence-electron chi connectivity index (χ3n) is 7.62.